The molecule has 1 N–H and O–H groups in total. The van der Waals surface area contributed by atoms with E-state index >= 15 is 0 Å². The molecule has 100 valence electrons. The molecular weight excluding hydrogens is 214 g/mol. The molecule has 0 saturated carbocycles. The van der Waals surface area contributed by atoms with Crippen molar-refractivity contribution in [3.8, 4) is 0 Å². The summed E-state index contributed by atoms with van der Waals surface area (Å²) in [6.07, 6.45) is 2.35. The zero-order chi connectivity index (χ0) is 12.7. The third-order valence-corrected chi connectivity index (χ3v) is 3.13. The number of nitrogens with one attached hydrogen (secondary N) is 1. The molecule has 1 aliphatic heterocycles. The van der Waals surface area contributed by atoms with E-state index in [1.807, 2.05) is 7.05 Å². The van der Waals surface area contributed by atoms with Crippen LogP contribution in [0.25, 0.3) is 0 Å². The van der Waals surface area contributed by atoms with E-state index in [-0.39, 0.29) is 0 Å². The van der Waals surface area contributed by atoms with Crippen molar-refractivity contribution < 1.29 is 4.74 Å². The van der Waals surface area contributed by atoms with Gasteiger partial charge in [0.2, 0.25) is 0 Å². The maximum absolute atomic E-state index is 5.40. The van der Waals surface area contributed by atoms with Gasteiger partial charge in [-0.15, -0.1) is 0 Å². The zero-order valence-corrected chi connectivity index (χ0v) is 11.7. The summed E-state index contributed by atoms with van der Waals surface area (Å²) >= 11 is 0. The molecule has 1 atom stereocenters. The molecule has 1 unspecified atom stereocenters. The van der Waals surface area contributed by atoms with Crippen molar-refractivity contribution in [1.82, 2.24) is 10.2 Å². The third kappa shape index (κ3) is 5.39. The minimum Gasteiger partial charge on any atom is -0.381 e. The third-order valence-electron chi connectivity index (χ3n) is 3.13. The molecule has 0 aromatic heterocycles. The van der Waals surface area contributed by atoms with Crippen LogP contribution in [0.4, 0.5) is 0 Å². The number of ether oxygens (including phenoxy) is 1. The van der Waals surface area contributed by atoms with Crippen LogP contribution in [0.1, 0.15) is 26.7 Å². The van der Waals surface area contributed by atoms with Gasteiger partial charge in [-0.1, -0.05) is 13.8 Å². The fourth-order valence-corrected chi connectivity index (χ4v) is 2.06. The van der Waals surface area contributed by atoms with Crippen LogP contribution in [0, 0.1) is 11.8 Å². The van der Waals surface area contributed by atoms with Crippen molar-refractivity contribution in [2.75, 3.05) is 40.4 Å². The number of aliphatic imine (C=N–C) groups is 1. The lowest BCUT2D eigenvalue weighted by molar-refractivity contribution is 0.181. The summed E-state index contributed by atoms with van der Waals surface area (Å²) in [6, 6.07) is 0. The van der Waals surface area contributed by atoms with E-state index in [1.165, 1.54) is 12.8 Å². The molecule has 0 aromatic rings. The Morgan fingerprint density at radius 3 is 2.82 bits per heavy atom. The predicted molar refractivity (Wildman–Crippen MR) is 72.4 cm³/mol. The average molecular weight is 241 g/mol. The van der Waals surface area contributed by atoms with Crippen molar-refractivity contribution in [2.45, 2.75) is 26.7 Å². The lowest BCUT2D eigenvalue weighted by Gasteiger charge is -2.24. The van der Waals surface area contributed by atoms with Gasteiger partial charge in [0.25, 0.3) is 0 Å². The number of hydrogen-bond acceptors (Lipinski definition) is 2. The molecule has 1 heterocycles. The minimum absolute atomic E-state index is 0.656. The van der Waals surface area contributed by atoms with Crippen molar-refractivity contribution in [3.05, 3.63) is 0 Å². The monoisotopic (exact) mass is 241 g/mol. The summed E-state index contributed by atoms with van der Waals surface area (Å²) in [4.78, 5) is 6.53. The summed E-state index contributed by atoms with van der Waals surface area (Å²) in [6.45, 7) is 8.32. The highest BCUT2D eigenvalue weighted by atomic mass is 16.5. The van der Waals surface area contributed by atoms with Crippen LogP contribution < -0.4 is 5.32 Å². The summed E-state index contributed by atoms with van der Waals surface area (Å²) in [5, 5.41) is 3.41. The Kier molecular flexibility index (Phi) is 6.34. The van der Waals surface area contributed by atoms with Gasteiger partial charge in [0.15, 0.2) is 5.96 Å². The normalized spacial score (nSPS) is 21.0. The fraction of sp³-hybridized carbons (Fsp3) is 0.923. The van der Waals surface area contributed by atoms with Gasteiger partial charge in [0, 0.05) is 39.7 Å². The lowest BCUT2D eigenvalue weighted by Crippen LogP contribution is -2.42. The molecule has 17 heavy (non-hydrogen) atoms. The molecule has 1 fully saturated rings. The van der Waals surface area contributed by atoms with Crippen LogP contribution in [0.5, 0.6) is 0 Å². The number of hydrogen-bond donors (Lipinski definition) is 1. The van der Waals surface area contributed by atoms with E-state index in [4.69, 9.17) is 4.74 Å². The van der Waals surface area contributed by atoms with Crippen molar-refractivity contribution in [1.29, 1.82) is 0 Å². The molecule has 1 rings (SSSR count). The standard InChI is InChI=1S/C13H27N3O/c1-11(2)5-7-15-13(14-3)16(4)9-12-6-8-17-10-12/h11-12H,5-10H2,1-4H3,(H,14,15). The Morgan fingerprint density at radius 2 is 2.29 bits per heavy atom. The molecule has 4 heteroatoms. The maximum Gasteiger partial charge on any atom is 0.193 e. The Labute approximate surface area is 105 Å². The summed E-state index contributed by atoms with van der Waals surface area (Å²) in [7, 11) is 3.95. The van der Waals surface area contributed by atoms with Gasteiger partial charge < -0.3 is 15.0 Å². The van der Waals surface area contributed by atoms with Crippen molar-refractivity contribution in [2.24, 2.45) is 16.8 Å². The smallest absolute Gasteiger partial charge is 0.193 e. The fourth-order valence-electron chi connectivity index (χ4n) is 2.06. The zero-order valence-electron chi connectivity index (χ0n) is 11.7. The van der Waals surface area contributed by atoms with Gasteiger partial charge in [-0.2, -0.15) is 0 Å². The van der Waals surface area contributed by atoms with E-state index < -0.39 is 0 Å². The highest BCUT2D eigenvalue weighted by Crippen LogP contribution is 2.13. The van der Waals surface area contributed by atoms with Crippen molar-refractivity contribution >= 4 is 5.96 Å². The molecule has 1 saturated heterocycles. The van der Waals surface area contributed by atoms with Gasteiger partial charge in [-0.25, -0.2) is 0 Å². The van der Waals surface area contributed by atoms with Crippen LogP contribution in [-0.4, -0.2) is 51.3 Å². The number of guanidine groups is 1. The Morgan fingerprint density at radius 1 is 1.53 bits per heavy atom. The van der Waals surface area contributed by atoms with Gasteiger partial charge >= 0.3 is 0 Å². The first kappa shape index (κ1) is 14.3. The van der Waals surface area contributed by atoms with E-state index in [1.54, 1.807) is 0 Å². The Balaban J connectivity index is 2.28. The Hall–Kier alpha value is -0.770. The van der Waals surface area contributed by atoms with E-state index in [0.29, 0.717) is 5.92 Å². The van der Waals surface area contributed by atoms with Gasteiger partial charge in [0.1, 0.15) is 0 Å². The molecule has 1 aliphatic rings. The average Bonchev–Trinajstić information content (AvgIpc) is 2.76. The first-order chi connectivity index (χ1) is 8.13. The molecule has 0 amide bonds. The van der Waals surface area contributed by atoms with Gasteiger partial charge in [-0.3, -0.25) is 4.99 Å². The van der Waals surface area contributed by atoms with Crippen LogP contribution in [0.15, 0.2) is 4.99 Å². The second-order valence-electron chi connectivity index (χ2n) is 5.27. The SMILES string of the molecule is CN=C(NCCC(C)C)N(C)CC1CCOC1. The topological polar surface area (TPSA) is 36.9 Å². The summed E-state index contributed by atoms with van der Waals surface area (Å²) in [5.74, 6) is 2.38. The Bertz CT molecular complexity index is 235. The van der Waals surface area contributed by atoms with Gasteiger partial charge in [-0.05, 0) is 18.8 Å². The quantitative estimate of drug-likeness (QED) is 0.586. The first-order valence-electron chi connectivity index (χ1n) is 6.63. The lowest BCUT2D eigenvalue weighted by atomic mass is 10.1. The van der Waals surface area contributed by atoms with E-state index in [0.717, 1.165) is 38.2 Å². The molecule has 4 nitrogen and oxygen atoms in total. The number of rotatable bonds is 5. The second-order valence-corrected chi connectivity index (χ2v) is 5.27. The molecule has 0 bridgehead atoms. The van der Waals surface area contributed by atoms with Crippen LogP contribution >= 0.6 is 0 Å². The molecule has 0 aliphatic carbocycles. The van der Waals surface area contributed by atoms with Crippen LogP contribution in [-0.2, 0) is 4.74 Å². The first-order valence-corrected chi connectivity index (χ1v) is 6.63. The highest BCUT2D eigenvalue weighted by Gasteiger charge is 2.18. The second kappa shape index (κ2) is 7.54. The van der Waals surface area contributed by atoms with Gasteiger partial charge in [0.05, 0.1) is 6.61 Å². The molecule has 0 spiro atoms. The van der Waals surface area contributed by atoms with Crippen molar-refractivity contribution in [3.63, 3.8) is 0 Å². The number of nitrogens with zero attached hydrogens (tertiary/aromatic N) is 2. The van der Waals surface area contributed by atoms with Crippen LogP contribution in [0.2, 0.25) is 0 Å². The molecule has 0 aromatic carbocycles. The summed E-state index contributed by atoms with van der Waals surface area (Å²) in [5.41, 5.74) is 0. The molecule has 0 radical (unpaired) electrons. The highest BCUT2D eigenvalue weighted by molar-refractivity contribution is 5.79. The van der Waals surface area contributed by atoms with E-state index in [9.17, 15) is 0 Å². The summed E-state index contributed by atoms with van der Waals surface area (Å²) < 4.78 is 5.40. The molecular formula is C13H27N3O. The minimum atomic E-state index is 0.656. The van der Waals surface area contributed by atoms with Crippen LogP contribution in [0.3, 0.4) is 0 Å². The predicted octanol–water partition coefficient (Wildman–Crippen LogP) is 1.58. The maximum atomic E-state index is 5.40. The van der Waals surface area contributed by atoms with E-state index in [2.05, 4.69) is 36.1 Å². The largest absolute Gasteiger partial charge is 0.381 e.